The molecule has 13 nitrogen and oxygen atoms in total. The molecule has 0 radical (unpaired) electrons. The predicted octanol–water partition coefficient (Wildman–Crippen LogP) is 5.66. The highest BCUT2D eigenvalue weighted by molar-refractivity contribution is 6.61. The standard InChI is InChI=1S/C11H18O3Si.C10H20O5Si.C9H18O5Si.C3H6/c1-12-15(13-2,14-3)10-9-11-7-5-4-6-8-11;1-9(2)10(11)15-7-6-8-16(12-3,13-4)14-5;1-5-9(10)14-7-6-8-15(11-2,12-3)13-4;1-3-2/h4-8H,9-10H2,1-3H3;1,6-8H2,2-5H3;5H,1,6-8H2,2-4H3;3H,1H2,2H3. The van der Waals surface area contributed by atoms with Gasteiger partial charge >= 0.3 is 38.4 Å². The van der Waals surface area contributed by atoms with Gasteiger partial charge in [0.15, 0.2) is 0 Å². The summed E-state index contributed by atoms with van der Waals surface area (Å²) in [6.07, 6.45) is 5.08. The summed E-state index contributed by atoms with van der Waals surface area (Å²) in [6.45, 7) is 14.3. The van der Waals surface area contributed by atoms with Gasteiger partial charge in [-0.3, -0.25) is 0 Å². The van der Waals surface area contributed by atoms with Crippen molar-refractivity contribution in [3.63, 3.8) is 0 Å². The quantitative estimate of drug-likeness (QED) is 0.0475. The Kier molecular flexibility index (Phi) is 33.0. The minimum Gasteiger partial charge on any atom is -0.463 e. The average Bonchev–Trinajstić information content (AvgIpc) is 3.14. The lowest BCUT2D eigenvalue weighted by atomic mass is 10.2. The van der Waals surface area contributed by atoms with Crippen LogP contribution in [0.15, 0.2) is 67.8 Å². The van der Waals surface area contributed by atoms with Crippen LogP contribution in [0.3, 0.4) is 0 Å². The average molecular weight is 751 g/mol. The zero-order valence-electron chi connectivity index (χ0n) is 31.6. The van der Waals surface area contributed by atoms with E-state index in [2.05, 4.69) is 31.9 Å². The first-order valence-electron chi connectivity index (χ1n) is 15.5. The Bertz CT molecular complexity index is 976. The van der Waals surface area contributed by atoms with E-state index in [9.17, 15) is 9.59 Å². The van der Waals surface area contributed by atoms with Crippen LogP contribution in [0.5, 0.6) is 0 Å². The van der Waals surface area contributed by atoms with Crippen LogP contribution in [0.4, 0.5) is 0 Å². The van der Waals surface area contributed by atoms with Gasteiger partial charge in [-0.15, -0.1) is 6.58 Å². The van der Waals surface area contributed by atoms with Gasteiger partial charge in [-0.1, -0.05) is 49.6 Å². The third-order valence-electron chi connectivity index (χ3n) is 6.61. The molecule has 0 atom stereocenters. The van der Waals surface area contributed by atoms with Gasteiger partial charge in [0.2, 0.25) is 0 Å². The number of aryl methyl sites for hydroxylation is 1. The maximum absolute atomic E-state index is 11.1. The molecule has 0 amide bonds. The number of benzene rings is 1. The number of carbonyl (C=O) groups is 2. The molecule has 49 heavy (non-hydrogen) atoms. The topological polar surface area (TPSA) is 136 Å². The summed E-state index contributed by atoms with van der Waals surface area (Å²) in [5.74, 6) is -0.797. The summed E-state index contributed by atoms with van der Waals surface area (Å²) in [7, 11) is 6.80. The van der Waals surface area contributed by atoms with Crippen molar-refractivity contribution >= 4 is 38.4 Å². The molecule has 0 bridgehead atoms. The van der Waals surface area contributed by atoms with E-state index in [1.54, 1.807) is 77.0 Å². The van der Waals surface area contributed by atoms with Crippen LogP contribution in [-0.2, 0) is 65.3 Å². The van der Waals surface area contributed by atoms with Crippen molar-refractivity contribution in [1.29, 1.82) is 0 Å². The highest BCUT2D eigenvalue weighted by atomic mass is 28.4. The molecule has 16 heteroatoms. The fourth-order valence-corrected chi connectivity index (χ4v) is 8.79. The summed E-state index contributed by atoms with van der Waals surface area (Å²) in [4.78, 5) is 21.8. The monoisotopic (exact) mass is 750 g/mol. The molecule has 1 rings (SSSR count). The molecule has 0 fully saturated rings. The largest absolute Gasteiger partial charge is 0.500 e. The molecule has 1 aromatic carbocycles. The van der Waals surface area contributed by atoms with Crippen LogP contribution in [0.2, 0.25) is 18.1 Å². The minimum atomic E-state index is -2.53. The van der Waals surface area contributed by atoms with Gasteiger partial charge in [-0.05, 0) is 38.7 Å². The van der Waals surface area contributed by atoms with Crippen LogP contribution >= 0.6 is 0 Å². The number of hydrogen-bond donors (Lipinski definition) is 0. The Labute approximate surface area is 298 Å². The Balaban J connectivity index is -0.000000621. The molecule has 0 aliphatic carbocycles. The number of hydrogen-bond acceptors (Lipinski definition) is 13. The maximum Gasteiger partial charge on any atom is 0.500 e. The van der Waals surface area contributed by atoms with Crippen LogP contribution in [0.25, 0.3) is 0 Å². The molecule has 0 saturated carbocycles. The van der Waals surface area contributed by atoms with E-state index in [0.29, 0.717) is 43.7 Å². The zero-order valence-corrected chi connectivity index (χ0v) is 34.6. The lowest BCUT2D eigenvalue weighted by molar-refractivity contribution is -0.139. The molecule has 1 aromatic rings. The summed E-state index contributed by atoms with van der Waals surface area (Å²) in [6, 6.07) is 12.3. The van der Waals surface area contributed by atoms with E-state index in [-0.39, 0.29) is 5.97 Å². The van der Waals surface area contributed by atoms with Gasteiger partial charge in [0.25, 0.3) is 0 Å². The third-order valence-corrected chi connectivity index (χ3v) is 15.0. The van der Waals surface area contributed by atoms with E-state index in [4.69, 9.17) is 49.3 Å². The lowest BCUT2D eigenvalue weighted by Gasteiger charge is -2.24. The van der Waals surface area contributed by atoms with Crippen LogP contribution in [0, 0.1) is 0 Å². The summed E-state index contributed by atoms with van der Waals surface area (Å²) < 4.78 is 57.1. The Morgan fingerprint density at radius 1 is 0.633 bits per heavy atom. The van der Waals surface area contributed by atoms with Gasteiger partial charge in [-0.2, -0.15) is 0 Å². The number of ether oxygens (including phenoxy) is 2. The third kappa shape index (κ3) is 23.7. The van der Waals surface area contributed by atoms with Gasteiger partial charge in [-0.25, -0.2) is 9.59 Å². The molecule has 0 N–H and O–H groups in total. The first-order valence-corrected chi connectivity index (χ1v) is 21.3. The van der Waals surface area contributed by atoms with E-state index in [1.807, 2.05) is 25.1 Å². The molecule has 0 heterocycles. The van der Waals surface area contributed by atoms with Gasteiger partial charge in [0.05, 0.1) is 13.2 Å². The minimum absolute atomic E-state index is 0.315. The van der Waals surface area contributed by atoms with Crippen molar-refractivity contribution < 1.29 is 58.9 Å². The second-order valence-electron chi connectivity index (χ2n) is 9.77. The van der Waals surface area contributed by atoms with Crippen molar-refractivity contribution in [1.82, 2.24) is 0 Å². The van der Waals surface area contributed by atoms with Crippen molar-refractivity contribution in [2.24, 2.45) is 0 Å². The van der Waals surface area contributed by atoms with E-state index < -0.39 is 32.4 Å². The number of rotatable bonds is 22. The SMILES string of the molecule is C=C(C)C(=O)OCCC[Si](OC)(OC)OC.C=CC.C=CC(=O)OCCC[Si](OC)(OC)OC.CO[Si](CCc1ccccc1)(OC)OC. The molecule has 0 unspecified atom stereocenters. The van der Waals surface area contributed by atoms with Crippen LogP contribution in [0.1, 0.15) is 32.3 Å². The molecule has 0 aliphatic rings. The molecule has 0 aliphatic heterocycles. The highest BCUT2D eigenvalue weighted by Gasteiger charge is 2.38. The van der Waals surface area contributed by atoms with E-state index in [0.717, 1.165) is 18.5 Å². The first kappa shape index (κ1) is 51.0. The lowest BCUT2D eigenvalue weighted by Crippen LogP contribution is -2.43. The van der Waals surface area contributed by atoms with Crippen molar-refractivity contribution in [3.05, 3.63) is 73.4 Å². The van der Waals surface area contributed by atoms with Gasteiger partial charge in [0.1, 0.15) is 0 Å². The van der Waals surface area contributed by atoms with E-state index in [1.165, 1.54) is 5.56 Å². The van der Waals surface area contributed by atoms with Crippen LogP contribution in [-0.4, -0.2) is 116 Å². The normalized spacial score (nSPS) is 10.9. The van der Waals surface area contributed by atoms with Gasteiger partial charge < -0.3 is 49.3 Å². The van der Waals surface area contributed by atoms with E-state index >= 15 is 0 Å². The molecule has 0 saturated heterocycles. The predicted molar refractivity (Wildman–Crippen MR) is 197 cm³/mol. The second kappa shape index (κ2) is 31.6. The molecular formula is C33H62O13Si3. The summed E-state index contributed by atoms with van der Waals surface area (Å²) in [5.41, 5.74) is 1.68. The second-order valence-corrected chi connectivity index (χ2v) is 19.0. The van der Waals surface area contributed by atoms with Crippen molar-refractivity contribution in [2.75, 3.05) is 77.2 Å². The zero-order chi connectivity index (χ0) is 38.2. The Hall–Kier alpha value is -2.33. The molecule has 0 spiro atoms. The fraction of sp³-hybridized carbons (Fsp3) is 0.576. The van der Waals surface area contributed by atoms with Crippen molar-refractivity contribution in [3.8, 4) is 0 Å². The molecule has 0 aromatic heterocycles. The first-order chi connectivity index (χ1) is 23.3. The summed E-state index contributed by atoms with van der Waals surface area (Å²) in [5, 5.41) is 0. The number of carbonyl (C=O) groups excluding carboxylic acids is 2. The highest BCUT2D eigenvalue weighted by Crippen LogP contribution is 2.17. The number of allylic oxidation sites excluding steroid dienone is 1. The fourth-order valence-electron chi connectivity index (χ4n) is 3.71. The molecular weight excluding hydrogens is 689 g/mol. The smallest absolute Gasteiger partial charge is 0.463 e. The summed E-state index contributed by atoms with van der Waals surface area (Å²) >= 11 is 0. The Morgan fingerprint density at radius 3 is 1.31 bits per heavy atom. The van der Waals surface area contributed by atoms with Crippen molar-refractivity contribution in [2.45, 2.75) is 51.2 Å². The maximum atomic E-state index is 11.1. The number of esters is 2. The molecule has 284 valence electrons. The van der Waals surface area contributed by atoms with Crippen LogP contribution < -0.4 is 0 Å². The Morgan fingerprint density at radius 2 is 0.980 bits per heavy atom. The van der Waals surface area contributed by atoms with Gasteiger partial charge in [0, 0.05) is 93.8 Å².